The Kier molecular flexibility index (Phi) is 3.31. The van der Waals surface area contributed by atoms with E-state index in [1.165, 1.54) is 4.90 Å². The van der Waals surface area contributed by atoms with Crippen LogP contribution >= 0.6 is 0 Å². The second-order valence-electron chi connectivity index (χ2n) is 4.99. The van der Waals surface area contributed by atoms with Gasteiger partial charge in [-0.2, -0.15) is 0 Å². The molecule has 5 nitrogen and oxygen atoms in total. The molecule has 3 rings (SSSR count). The van der Waals surface area contributed by atoms with E-state index in [0.29, 0.717) is 22.7 Å². The van der Waals surface area contributed by atoms with Gasteiger partial charge >= 0.3 is 6.03 Å². The first-order valence-electron chi connectivity index (χ1n) is 6.80. The number of benzene rings is 3. The number of anilines is 4. The van der Waals surface area contributed by atoms with Crippen LogP contribution in [0, 0.1) is 0 Å². The summed E-state index contributed by atoms with van der Waals surface area (Å²) in [6.45, 7) is 0. The van der Waals surface area contributed by atoms with Gasteiger partial charge in [0, 0.05) is 11.1 Å². The predicted octanol–water partition coefficient (Wildman–Crippen LogP) is 3.22. The Balaban J connectivity index is 2.30. The number of primary amides is 1. The molecule has 0 aliphatic carbocycles. The number of hydrogen-bond donors (Lipinski definition) is 3. The van der Waals surface area contributed by atoms with Crippen LogP contribution in [-0.4, -0.2) is 6.03 Å². The van der Waals surface area contributed by atoms with E-state index in [-0.39, 0.29) is 0 Å². The van der Waals surface area contributed by atoms with Crippen molar-refractivity contribution >= 4 is 39.6 Å². The molecule has 110 valence electrons. The standard InChI is InChI=1S/C17H16N4O/c18-12-5-3-6-13(10-12)21(17(20)22)16-14-7-2-1-4-11(14)8-9-15(16)19/h1-10H,18-19H2,(H2,20,22). The molecule has 0 unspecified atom stereocenters. The van der Waals surface area contributed by atoms with E-state index in [1.54, 1.807) is 30.3 Å². The van der Waals surface area contributed by atoms with Crippen LogP contribution in [0.3, 0.4) is 0 Å². The molecular weight excluding hydrogens is 276 g/mol. The molecule has 0 aliphatic rings. The Morgan fingerprint density at radius 2 is 1.68 bits per heavy atom. The van der Waals surface area contributed by atoms with Crippen molar-refractivity contribution in [1.29, 1.82) is 0 Å². The largest absolute Gasteiger partial charge is 0.399 e. The van der Waals surface area contributed by atoms with Crippen LogP contribution in [0.5, 0.6) is 0 Å². The Labute approximate surface area is 127 Å². The Bertz CT molecular complexity index is 860. The fraction of sp³-hybridized carbons (Fsp3) is 0. The van der Waals surface area contributed by atoms with E-state index < -0.39 is 6.03 Å². The highest BCUT2D eigenvalue weighted by Crippen LogP contribution is 2.37. The third-order valence-electron chi connectivity index (χ3n) is 3.50. The molecule has 0 heterocycles. The molecule has 0 fully saturated rings. The smallest absolute Gasteiger partial charge is 0.323 e. The molecule has 3 aromatic rings. The van der Waals surface area contributed by atoms with Gasteiger partial charge in [0.05, 0.1) is 17.1 Å². The van der Waals surface area contributed by atoms with Gasteiger partial charge in [-0.15, -0.1) is 0 Å². The predicted molar refractivity (Wildman–Crippen MR) is 90.9 cm³/mol. The molecule has 2 amide bonds. The number of amides is 2. The molecule has 0 saturated carbocycles. The van der Waals surface area contributed by atoms with Gasteiger partial charge in [0.15, 0.2) is 0 Å². The monoisotopic (exact) mass is 292 g/mol. The van der Waals surface area contributed by atoms with Gasteiger partial charge in [-0.3, -0.25) is 4.90 Å². The lowest BCUT2D eigenvalue weighted by Crippen LogP contribution is -2.32. The van der Waals surface area contributed by atoms with Crippen molar-refractivity contribution in [1.82, 2.24) is 0 Å². The maximum absolute atomic E-state index is 12.1. The van der Waals surface area contributed by atoms with E-state index in [0.717, 1.165) is 10.8 Å². The third-order valence-corrected chi connectivity index (χ3v) is 3.50. The molecule has 3 aromatic carbocycles. The highest BCUT2D eigenvalue weighted by atomic mass is 16.2. The summed E-state index contributed by atoms with van der Waals surface area (Å²) in [4.78, 5) is 13.4. The normalized spacial score (nSPS) is 10.5. The molecular formula is C17H16N4O. The summed E-state index contributed by atoms with van der Waals surface area (Å²) >= 11 is 0. The van der Waals surface area contributed by atoms with E-state index in [4.69, 9.17) is 17.2 Å². The molecule has 6 N–H and O–H groups in total. The summed E-state index contributed by atoms with van der Waals surface area (Å²) in [6, 6.07) is 17.7. The van der Waals surface area contributed by atoms with Gasteiger partial charge < -0.3 is 17.2 Å². The maximum atomic E-state index is 12.1. The number of fused-ring (bicyclic) bond motifs is 1. The fourth-order valence-corrected chi connectivity index (χ4v) is 2.55. The summed E-state index contributed by atoms with van der Waals surface area (Å²) in [5.41, 5.74) is 19.7. The van der Waals surface area contributed by atoms with Crippen molar-refractivity contribution in [2.45, 2.75) is 0 Å². The average molecular weight is 292 g/mol. The summed E-state index contributed by atoms with van der Waals surface area (Å²) in [5, 5.41) is 1.82. The van der Waals surface area contributed by atoms with Crippen LogP contribution in [-0.2, 0) is 0 Å². The first-order valence-corrected chi connectivity index (χ1v) is 6.80. The molecule has 0 radical (unpaired) electrons. The quantitative estimate of drug-likeness (QED) is 0.632. The highest BCUT2D eigenvalue weighted by molar-refractivity contribution is 6.11. The third kappa shape index (κ3) is 2.29. The number of nitrogens with zero attached hydrogens (tertiary/aromatic N) is 1. The number of nitrogen functional groups attached to an aromatic ring is 2. The lowest BCUT2D eigenvalue weighted by molar-refractivity contribution is 0.256. The topological polar surface area (TPSA) is 98.4 Å². The summed E-state index contributed by atoms with van der Waals surface area (Å²) < 4.78 is 0. The highest BCUT2D eigenvalue weighted by Gasteiger charge is 2.20. The lowest BCUT2D eigenvalue weighted by Gasteiger charge is -2.24. The average Bonchev–Trinajstić information content (AvgIpc) is 2.50. The van der Waals surface area contributed by atoms with Gasteiger partial charge in [0.2, 0.25) is 0 Å². The van der Waals surface area contributed by atoms with E-state index in [2.05, 4.69) is 0 Å². The van der Waals surface area contributed by atoms with Crippen molar-refractivity contribution in [3.8, 4) is 0 Å². The first-order chi connectivity index (χ1) is 10.6. The van der Waals surface area contributed by atoms with Crippen molar-refractivity contribution in [2.75, 3.05) is 16.4 Å². The zero-order chi connectivity index (χ0) is 15.7. The van der Waals surface area contributed by atoms with Crippen molar-refractivity contribution in [3.05, 3.63) is 60.7 Å². The molecule has 0 bridgehead atoms. The van der Waals surface area contributed by atoms with Gasteiger partial charge in [-0.25, -0.2) is 4.79 Å². The van der Waals surface area contributed by atoms with Crippen molar-refractivity contribution < 1.29 is 4.79 Å². The maximum Gasteiger partial charge on any atom is 0.323 e. The zero-order valence-electron chi connectivity index (χ0n) is 11.9. The Morgan fingerprint density at radius 3 is 2.41 bits per heavy atom. The second kappa shape index (κ2) is 5.29. The Hall–Kier alpha value is -3.21. The van der Waals surface area contributed by atoms with Crippen LogP contribution < -0.4 is 22.1 Å². The van der Waals surface area contributed by atoms with E-state index in [9.17, 15) is 4.79 Å². The summed E-state index contributed by atoms with van der Waals surface area (Å²) in [6.07, 6.45) is 0. The molecule has 0 spiro atoms. The molecule has 0 aliphatic heterocycles. The first kappa shape index (κ1) is 13.8. The van der Waals surface area contributed by atoms with Gasteiger partial charge in [-0.05, 0) is 29.7 Å². The number of urea groups is 1. The SMILES string of the molecule is NC(=O)N(c1cccc(N)c1)c1c(N)ccc2ccccc12. The van der Waals surface area contributed by atoms with Crippen LogP contribution in [0.2, 0.25) is 0 Å². The molecule has 5 heteroatoms. The van der Waals surface area contributed by atoms with Crippen molar-refractivity contribution in [2.24, 2.45) is 5.73 Å². The van der Waals surface area contributed by atoms with Gasteiger partial charge in [0.25, 0.3) is 0 Å². The second-order valence-corrected chi connectivity index (χ2v) is 4.99. The molecule has 0 saturated heterocycles. The van der Waals surface area contributed by atoms with Gasteiger partial charge in [0.1, 0.15) is 0 Å². The van der Waals surface area contributed by atoms with Gasteiger partial charge in [-0.1, -0.05) is 36.4 Å². The van der Waals surface area contributed by atoms with E-state index >= 15 is 0 Å². The Morgan fingerprint density at radius 1 is 0.909 bits per heavy atom. The van der Waals surface area contributed by atoms with Crippen LogP contribution in [0.1, 0.15) is 0 Å². The number of rotatable bonds is 2. The number of hydrogen-bond acceptors (Lipinski definition) is 3. The fourth-order valence-electron chi connectivity index (χ4n) is 2.55. The molecule has 0 atom stereocenters. The van der Waals surface area contributed by atoms with Crippen molar-refractivity contribution in [3.63, 3.8) is 0 Å². The number of carbonyl (C=O) groups excluding carboxylic acids is 1. The number of carbonyl (C=O) groups is 1. The minimum absolute atomic E-state index is 0.472. The summed E-state index contributed by atoms with van der Waals surface area (Å²) in [5.74, 6) is 0. The minimum atomic E-state index is -0.617. The van der Waals surface area contributed by atoms with E-state index in [1.807, 2.05) is 30.3 Å². The lowest BCUT2D eigenvalue weighted by atomic mass is 10.1. The number of nitrogens with two attached hydrogens (primary N) is 3. The van der Waals surface area contributed by atoms with Crippen LogP contribution in [0.25, 0.3) is 10.8 Å². The molecule has 0 aromatic heterocycles. The van der Waals surface area contributed by atoms with Crippen LogP contribution in [0.15, 0.2) is 60.7 Å². The van der Waals surface area contributed by atoms with Crippen LogP contribution in [0.4, 0.5) is 27.5 Å². The zero-order valence-corrected chi connectivity index (χ0v) is 11.9. The summed E-state index contributed by atoms with van der Waals surface area (Å²) in [7, 11) is 0. The minimum Gasteiger partial charge on any atom is -0.399 e. The molecule has 22 heavy (non-hydrogen) atoms.